The van der Waals surface area contributed by atoms with E-state index in [2.05, 4.69) is 66.1 Å². The van der Waals surface area contributed by atoms with E-state index in [0.29, 0.717) is 11.8 Å². The minimum Gasteiger partial charge on any atom is -0.467 e. The molecular formula is C31H40N6O3. The van der Waals surface area contributed by atoms with Gasteiger partial charge in [0.25, 0.3) is 0 Å². The van der Waals surface area contributed by atoms with E-state index in [-0.39, 0.29) is 24.0 Å². The average Bonchev–Trinajstić information content (AvgIpc) is 3.58. The van der Waals surface area contributed by atoms with E-state index in [4.69, 9.17) is 24.2 Å². The molecule has 2 aliphatic rings. The van der Waals surface area contributed by atoms with Gasteiger partial charge >= 0.3 is 0 Å². The summed E-state index contributed by atoms with van der Waals surface area (Å²) >= 11 is 0. The van der Waals surface area contributed by atoms with Crippen molar-refractivity contribution in [3.63, 3.8) is 0 Å². The summed E-state index contributed by atoms with van der Waals surface area (Å²) in [5, 5.41) is 11.4. The molecule has 1 aromatic carbocycles. The highest BCUT2D eigenvalue weighted by molar-refractivity contribution is 5.79. The Morgan fingerprint density at radius 3 is 2.65 bits per heavy atom. The SMILES string of the molecule is COCOc1cc(-c2c[nH]nc2C2CCCCO2)ccc1-c1cnc2c(ccn2C2CC(C)(C)NC(C)(C)C2)n1. The van der Waals surface area contributed by atoms with Crippen molar-refractivity contribution >= 4 is 11.2 Å². The van der Waals surface area contributed by atoms with Gasteiger partial charge in [-0.2, -0.15) is 5.10 Å². The van der Waals surface area contributed by atoms with Crippen LogP contribution < -0.4 is 10.1 Å². The van der Waals surface area contributed by atoms with E-state index in [1.807, 2.05) is 24.5 Å². The minimum absolute atomic E-state index is 0.00595. The summed E-state index contributed by atoms with van der Waals surface area (Å²) in [6, 6.07) is 8.58. The summed E-state index contributed by atoms with van der Waals surface area (Å²) in [5.41, 5.74) is 6.47. The first-order valence-electron chi connectivity index (χ1n) is 14.3. The molecule has 9 nitrogen and oxygen atoms in total. The van der Waals surface area contributed by atoms with Crippen LogP contribution in [-0.2, 0) is 9.47 Å². The lowest BCUT2D eigenvalue weighted by Gasteiger charge is -2.47. The van der Waals surface area contributed by atoms with Crippen molar-refractivity contribution in [1.29, 1.82) is 0 Å². The third kappa shape index (κ3) is 5.38. The molecule has 1 atom stereocenters. The first kappa shape index (κ1) is 26.9. The van der Waals surface area contributed by atoms with Crippen molar-refractivity contribution < 1.29 is 14.2 Å². The maximum absolute atomic E-state index is 6.06. The van der Waals surface area contributed by atoms with Crippen LogP contribution in [0, 0.1) is 0 Å². The third-order valence-electron chi connectivity index (χ3n) is 8.03. The fourth-order valence-corrected chi connectivity index (χ4v) is 6.70. The lowest BCUT2D eigenvalue weighted by molar-refractivity contribution is 0.0126. The number of H-pyrrole nitrogens is 1. The summed E-state index contributed by atoms with van der Waals surface area (Å²) < 4.78 is 19.6. The number of rotatable bonds is 7. The summed E-state index contributed by atoms with van der Waals surface area (Å²) in [7, 11) is 1.62. The van der Waals surface area contributed by atoms with Crippen LogP contribution in [0.15, 0.2) is 42.9 Å². The second-order valence-electron chi connectivity index (χ2n) is 12.4. The van der Waals surface area contributed by atoms with Gasteiger partial charge in [-0.15, -0.1) is 0 Å². The number of aromatic nitrogens is 5. The van der Waals surface area contributed by atoms with Crippen LogP contribution in [0.25, 0.3) is 33.5 Å². The third-order valence-corrected chi connectivity index (χ3v) is 8.03. The Kier molecular flexibility index (Phi) is 7.14. The van der Waals surface area contributed by atoms with Crippen molar-refractivity contribution in [3.8, 4) is 28.1 Å². The molecule has 1 unspecified atom stereocenters. The highest BCUT2D eigenvalue weighted by atomic mass is 16.7. The molecule has 212 valence electrons. The monoisotopic (exact) mass is 544 g/mol. The smallest absolute Gasteiger partial charge is 0.188 e. The number of benzene rings is 1. The first-order valence-corrected chi connectivity index (χ1v) is 14.3. The number of piperidine rings is 1. The van der Waals surface area contributed by atoms with Gasteiger partial charge in [-0.05, 0) is 83.6 Å². The quantitative estimate of drug-likeness (QED) is 0.268. The molecule has 0 radical (unpaired) electrons. The number of aromatic amines is 1. The van der Waals surface area contributed by atoms with Gasteiger partial charge in [0.05, 0.1) is 17.6 Å². The Balaban J connectivity index is 1.33. The second kappa shape index (κ2) is 10.6. The summed E-state index contributed by atoms with van der Waals surface area (Å²) in [4.78, 5) is 9.95. The maximum atomic E-state index is 6.06. The van der Waals surface area contributed by atoms with Gasteiger partial charge < -0.3 is 24.1 Å². The molecule has 0 spiro atoms. The van der Waals surface area contributed by atoms with Crippen LogP contribution in [0.1, 0.15) is 77.6 Å². The zero-order valence-corrected chi connectivity index (χ0v) is 24.2. The van der Waals surface area contributed by atoms with Crippen LogP contribution in [0.5, 0.6) is 5.75 Å². The minimum atomic E-state index is 0.00595. The first-order chi connectivity index (χ1) is 19.2. The van der Waals surface area contributed by atoms with E-state index in [1.54, 1.807) is 7.11 Å². The molecule has 9 heteroatoms. The highest BCUT2D eigenvalue weighted by Gasteiger charge is 2.38. The van der Waals surface area contributed by atoms with Gasteiger partial charge in [0.1, 0.15) is 17.4 Å². The Labute approximate surface area is 235 Å². The van der Waals surface area contributed by atoms with E-state index in [1.165, 1.54) is 0 Å². The van der Waals surface area contributed by atoms with Crippen LogP contribution in [0.3, 0.4) is 0 Å². The molecule has 0 bridgehead atoms. The fourth-order valence-electron chi connectivity index (χ4n) is 6.70. The van der Waals surface area contributed by atoms with E-state index in [9.17, 15) is 0 Å². The zero-order valence-electron chi connectivity index (χ0n) is 24.2. The van der Waals surface area contributed by atoms with Gasteiger partial charge in [-0.25, -0.2) is 9.97 Å². The molecule has 0 aliphatic carbocycles. The Morgan fingerprint density at radius 2 is 1.90 bits per heavy atom. The summed E-state index contributed by atoms with van der Waals surface area (Å²) in [6.45, 7) is 10.0. The number of ether oxygens (including phenoxy) is 3. The van der Waals surface area contributed by atoms with Crippen molar-refractivity contribution in [2.24, 2.45) is 0 Å². The van der Waals surface area contributed by atoms with Gasteiger partial charge in [-0.1, -0.05) is 6.07 Å². The van der Waals surface area contributed by atoms with Crippen molar-refractivity contribution in [3.05, 3.63) is 48.5 Å². The molecule has 0 amide bonds. The van der Waals surface area contributed by atoms with Crippen molar-refractivity contribution in [2.75, 3.05) is 20.5 Å². The number of nitrogens with one attached hydrogen (secondary N) is 2. The number of methoxy groups -OCH3 is 1. The van der Waals surface area contributed by atoms with E-state index >= 15 is 0 Å². The molecule has 6 rings (SSSR count). The highest BCUT2D eigenvalue weighted by Crippen LogP contribution is 2.40. The topological polar surface area (TPSA) is 99.1 Å². The van der Waals surface area contributed by atoms with Crippen LogP contribution in [0.2, 0.25) is 0 Å². The molecule has 4 aromatic rings. The molecule has 5 heterocycles. The molecule has 2 aliphatic heterocycles. The maximum Gasteiger partial charge on any atom is 0.188 e. The number of hydrogen-bond acceptors (Lipinski definition) is 7. The number of fused-ring (bicyclic) bond motifs is 1. The number of hydrogen-bond donors (Lipinski definition) is 2. The molecule has 40 heavy (non-hydrogen) atoms. The van der Waals surface area contributed by atoms with Gasteiger partial charge in [0.15, 0.2) is 12.4 Å². The fraction of sp³-hybridized carbons (Fsp3) is 0.516. The Hall–Kier alpha value is -3.27. The molecular weight excluding hydrogens is 504 g/mol. The van der Waals surface area contributed by atoms with Crippen molar-refractivity contribution in [1.82, 2.24) is 30.0 Å². The predicted octanol–water partition coefficient (Wildman–Crippen LogP) is 6.19. The number of nitrogens with zero attached hydrogens (tertiary/aromatic N) is 4. The Morgan fingerprint density at radius 1 is 1.07 bits per heavy atom. The molecule has 3 aromatic heterocycles. The predicted molar refractivity (Wildman–Crippen MR) is 155 cm³/mol. The lowest BCUT2D eigenvalue weighted by atomic mass is 9.79. The summed E-state index contributed by atoms with van der Waals surface area (Å²) in [5.74, 6) is 0.686. The standard InChI is InChI=1S/C31H40N6O3/c1-30(2)15-21(16-31(3,4)36-30)37-12-11-24-29(37)32-18-25(34-24)22-10-9-20(14-27(22)40-19-38-5)23-17-33-35-28(23)26-8-6-7-13-39-26/h9-12,14,17-18,21,26,36H,6-8,13,15-16,19H2,1-5H3,(H,33,35). The van der Waals surface area contributed by atoms with Gasteiger partial charge in [0.2, 0.25) is 0 Å². The Bertz CT molecular complexity index is 1470. The van der Waals surface area contributed by atoms with Gasteiger partial charge in [-0.3, -0.25) is 5.10 Å². The zero-order chi connectivity index (χ0) is 27.9. The van der Waals surface area contributed by atoms with Crippen LogP contribution in [-0.4, -0.2) is 56.3 Å². The lowest BCUT2D eigenvalue weighted by Crippen LogP contribution is -2.57. The largest absolute Gasteiger partial charge is 0.467 e. The molecule has 2 saturated heterocycles. The van der Waals surface area contributed by atoms with Crippen LogP contribution >= 0.6 is 0 Å². The average molecular weight is 545 g/mol. The van der Waals surface area contributed by atoms with Gasteiger partial charge in [0, 0.05) is 54.4 Å². The summed E-state index contributed by atoms with van der Waals surface area (Å²) in [6.07, 6.45) is 11.2. The second-order valence-corrected chi connectivity index (χ2v) is 12.4. The van der Waals surface area contributed by atoms with Crippen molar-refractivity contribution in [2.45, 2.75) is 83.0 Å². The van der Waals surface area contributed by atoms with E-state index in [0.717, 1.165) is 78.0 Å². The van der Waals surface area contributed by atoms with E-state index < -0.39 is 0 Å². The van der Waals surface area contributed by atoms with Crippen LogP contribution in [0.4, 0.5) is 0 Å². The molecule has 2 fully saturated rings. The molecule has 2 N–H and O–H groups in total. The molecule has 0 saturated carbocycles. The normalized spacial score (nSPS) is 21.1.